The maximum atomic E-state index is 11.7. The summed E-state index contributed by atoms with van der Waals surface area (Å²) < 4.78 is 0. The number of para-hydroxylation sites is 1. The van der Waals surface area contributed by atoms with Crippen LogP contribution in [0.15, 0.2) is 30.5 Å². The summed E-state index contributed by atoms with van der Waals surface area (Å²) in [4.78, 5) is 37.8. The van der Waals surface area contributed by atoms with E-state index in [-0.39, 0.29) is 18.4 Å². The molecule has 0 saturated heterocycles. The van der Waals surface area contributed by atoms with Gasteiger partial charge in [-0.3, -0.25) is 25.2 Å². The van der Waals surface area contributed by atoms with Gasteiger partial charge in [0.15, 0.2) is 0 Å². The summed E-state index contributed by atoms with van der Waals surface area (Å²) in [5.41, 5.74) is 6.63. The molecule has 1 heterocycles. The summed E-state index contributed by atoms with van der Waals surface area (Å²) in [6, 6.07) is 8.11. The summed E-state index contributed by atoms with van der Waals surface area (Å²) in [6.07, 6.45) is 5.43. The molecule has 1 saturated carbocycles. The van der Waals surface area contributed by atoms with E-state index in [1.165, 1.54) is 0 Å². The Kier molecular flexibility index (Phi) is 4.79. The Labute approximate surface area is 139 Å². The van der Waals surface area contributed by atoms with Gasteiger partial charge in [-0.15, -0.1) is 0 Å². The smallest absolute Gasteiger partial charge is 0.327 e. The molecule has 1 aliphatic carbocycles. The molecule has 7 nitrogen and oxygen atoms in total. The van der Waals surface area contributed by atoms with Gasteiger partial charge in [0, 0.05) is 29.6 Å². The molecule has 0 unspecified atom stereocenters. The molecular weight excluding hydrogens is 308 g/mol. The molecule has 7 heteroatoms. The third kappa shape index (κ3) is 4.13. The predicted molar refractivity (Wildman–Crippen MR) is 88.7 cm³/mol. The predicted octanol–water partition coefficient (Wildman–Crippen LogP) is 0.917. The van der Waals surface area contributed by atoms with Gasteiger partial charge in [0.05, 0.1) is 0 Å². The average Bonchev–Trinajstić information content (AvgIpc) is 3.31. The Hall–Kier alpha value is -2.83. The van der Waals surface area contributed by atoms with E-state index >= 15 is 0 Å². The maximum Gasteiger partial charge on any atom is 0.327 e. The van der Waals surface area contributed by atoms with Gasteiger partial charge >= 0.3 is 11.8 Å². The highest BCUT2D eigenvalue weighted by Gasteiger charge is 2.26. The number of aromatic amines is 1. The van der Waals surface area contributed by atoms with E-state index < -0.39 is 11.8 Å². The summed E-state index contributed by atoms with van der Waals surface area (Å²) in [5, 5.41) is 3.71. The second-order valence-electron chi connectivity index (χ2n) is 5.96. The van der Waals surface area contributed by atoms with Crippen LogP contribution in [-0.2, 0) is 20.8 Å². The van der Waals surface area contributed by atoms with Crippen LogP contribution in [0, 0.1) is 0 Å². The summed E-state index contributed by atoms with van der Waals surface area (Å²) in [5.74, 6) is -1.87. The highest BCUT2D eigenvalue weighted by atomic mass is 16.2. The van der Waals surface area contributed by atoms with Crippen molar-refractivity contribution in [2.75, 3.05) is 0 Å². The Balaban J connectivity index is 1.37. The van der Waals surface area contributed by atoms with E-state index in [9.17, 15) is 14.4 Å². The first kappa shape index (κ1) is 16.0. The first-order valence-electron chi connectivity index (χ1n) is 8.08. The average molecular weight is 328 g/mol. The molecule has 1 fully saturated rings. The van der Waals surface area contributed by atoms with Crippen LogP contribution in [0.4, 0.5) is 0 Å². The monoisotopic (exact) mass is 328 g/mol. The van der Waals surface area contributed by atoms with Crippen LogP contribution >= 0.6 is 0 Å². The molecule has 0 bridgehead atoms. The van der Waals surface area contributed by atoms with E-state index in [0.29, 0.717) is 6.42 Å². The number of aromatic nitrogens is 1. The Morgan fingerprint density at radius 2 is 1.88 bits per heavy atom. The van der Waals surface area contributed by atoms with Crippen molar-refractivity contribution in [1.29, 1.82) is 0 Å². The van der Waals surface area contributed by atoms with Crippen molar-refractivity contribution in [2.24, 2.45) is 0 Å². The van der Waals surface area contributed by atoms with Crippen molar-refractivity contribution in [1.82, 2.24) is 21.2 Å². The quantitative estimate of drug-likeness (QED) is 0.485. The lowest BCUT2D eigenvalue weighted by Gasteiger charge is -2.07. The van der Waals surface area contributed by atoms with Crippen LogP contribution in [-0.4, -0.2) is 28.7 Å². The molecule has 126 valence electrons. The number of nitrogens with one attached hydrogen (secondary N) is 4. The molecule has 0 spiro atoms. The van der Waals surface area contributed by atoms with Gasteiger partial charge in [-0.25, -0.2) is 0 Å². The van der Waals surface area contributed by atoms with Gasteiger partial charge in [-0.2, -0.15) is 0 Å². The van der Waals surface area contributed by atoms with Crippen molar-refractivity contribution >= 4 is 28.6 Å². The number of H-pyrrole nitrogens is 1. The summed E-state index contributed by atoms with van der Waals surface area (Å²) in [7, 11) is 0. The van der Waals surface area contributed by atoms with E-state index in [2.05, 4.69) is 21.2 Å². The fourth-order valence-electron chi connectivity index (χ4n) is 2.50. The number of fused-ring (bicyclic) bond motifs is 1. The Morgan fingerprint density at radius 1 is 1.08 bits per heavy atom. The molecule has 3 amide bonds. The van der Waals surface area contributed by atoms with Crippen LogP contribution in [0.1, 0.15) is 31.2 Å². The molecule has 1 aromatic carbocycles. The Morgan fingerprint density at radius 3 is 2.67 bits per heavy atom. The van der Waals surface area contributed by atoms with Crippen LogP contribution < -0.4 is 16.2 Å². The summed E-state index contributed by atoms with van der Waals surface area (Å²) >= 11 is 0. The lowest BCUT2D eigenvalue weighted by atomic mass is 10.1. The molecule has 1 aromatic heterocycles. The zero-order valence-electron chi connectivity index (χ0n) is 13.2. The first-order chi connectivity index (χ1) is 11.6. The van der Waals surface area contributed by atoms with Gasteiger partial charge in [0.2, 0.25) is 5.91 Å². The van der Waals surface area contributed by atoms with Crippen LogP contribution in [0.25, 0.3) is 10.9 Å². The Bertz CT molecular complexity index is 764. The lowest BCUT2D eigenvalue weighted by molar-refractivity contribution is -0.141. The van der Waals surface area contributed by atoms with E-state index in [4.69, 9.17) is 0 Å². The van der Waals surface area contributed by atoms with Gasteiger partial charge in [-0.05, 0) is 37.3 Å². The first-order valence-corrected chi connectivity index (χ1v) is 8.08. The van der Waals surface area contributed by atoms with Crippen LogP contribution in [0.5, 0.6) is 0 Å². The number of carbonyl (C=O) groups is 3. The van der Waals surface area contributed by atoms with Crippen molar-refractivity contribution in [3.63, 3.8) is 0 Å². The van der Waals surface area contributed by atoms with E-state index in [1.807, 2.05) is 30.5 Å². The van der Waals surface area contributed by atoms with E-state index in [1.54, 1.807) is 0 Å². The minimum Gasteiger partial charge on any atom is -0.361 e. The number of aryl methyl sites for hydroxylation is 1. The third-order valence-electron chi connectivity index (χ3n) is 3.96. The number of hydrogen-bond acceptors (Lipinski definition) is 3. The lowest BCUT2D eigenvalue weighted by Crippen LogP contribution is -2.48. The minimum absolute atomic E-state index is 0.107. The van der Waals surface area contributed by atoms with Crippen molar-refractivity contribution in [2.45, 2.75) is 38.1 Å². The molecule has 3 rings (SSSR count). The SMILES string of the molecule is O=C(CCCc1c[nH]c2ccccc12)NNC(=O)C(=O)NC1CC1. The molecule has 0 atom stereocenters. The van der Waals surface area contributed by atoms with Crippen LogP contribution in [0.2, 0.25) is 0 Å². The highest BCUT2D eigenvalue weighted by molar-refractivity contribution is 6.35. The molecular formula is C17H20N4O3. The standard InChI is InChI=1S/C17H20N4O3/c22-15(20-21-17(24)16(23)19-12-8-9-12)7-3-4-11-10-18-14-6-2-1-5-13(11)14/h1-2,5-6,10,12,18H,3-4,7-9H2,(H,19,23)(H,20,22)(H,21,24). The molecule has 1 aliphatic rings. The number of benzene rings is 1. The molecule has 0 aliphatic heterocycles. The summed E-state index contributed by atoms with van der Waals surface area (Å²) in [6.45, 7) is 0. The van der Waals surface area contributed by atoms with Crippen LogP contribution in [0.3, 0.4) is 0 Å². The van der Waals surface area contributed by atoms with Gasteiger partial charge in [-0.1, -0.05) is 18.2 Å². The van der Waals surface area contributed by atoms with E-state index in [0.717, 1.165) is 35.7 Å². The number of hydrazine groups is 1. The number of amides is 3. The van der Waals surface area contributed by atoms with Crippen molar-refractivity contribution in [3.05, 3.63) is 36.0 Å². The number of hydrogen-bond donors (Lipinski definition) is 4. The number of rotatable bonds is 5. The second kappa shape index (κ2) is 7.16. The normalized spacial score (nSPS) is 13.5. The topological polar surface area (TPSA) is 103 Å². The molecule has 2 aromatic rings. The zero-order valence-corrected chi connectivity index (χ0v) is 13.2. The van der Waals surface area contributed by atoms with Crippen molar-refractivity contribution < 1.29 is 14.4 Å². The second-order valence-corrected chi connectivity index (χ2v) is 5.96. The molecule has 0 radical (unpaired) electrons. The third-order valence-corrected chi connectivity index (χ3v) is 3.96. The highest BCUT2D eigenvalue weighted by Crippen LogP contribution is 2.19. The van der Waals surface area contributed by atoms with Crippen molar-refractivity contribution in [3.8, 4) is 0 Å². The fourth-order valence-corrected chi connectivity index (χ4v) is 2.50. The number of carbonyl (C=O) groups excluding carboxylic acids is 3. The molecule has 24 heavy (non-hydrogen) atoms. The fraction of sp³-hybridized carbons (Fsp3) is 0.353. The maximum absolute atomic E-state index is 11.7. The largest absolute Gasteiger partial charge is 0.361 e. The van der Waals surface area contributed by atoms with Gasteiger partial charge in [0.25, 0.3) is 0 Å². The van der Waals surface area contributed by atoms with Gasteiger partial charge in [0.1, 0.15) is 0 Å². The zero-order chi connectivity index (χ0) is 16.9. The minimum atomic E-state index is -0.841. The van der Waals surface area contributed by atoms with Gasteiger partial charge < -0.3 is 10.3 Å². The molecule has 4 N–H and O–H groups in total.